The minimum absolute atomic E-state index is 0.211. The van der Waals surface area contributed by atoms with Gasteiger partial charge < -0.3 is 10.6 Å². The summed E-state index contributed by atoms with van der Waals surface area (Å²) in [5.41, 5.74) is 1.11. The first-order valence-corrected chi connectivity index (χ1v) is 5.85. The Morgan fingerprint density at radius 2 is 1.85 bits per heavy atom. The van der Waals surface area contributed by atoms with Crippen molar-refractivity contribution in [1.29, 1.82) is 0 Å². The third-order valence-corrected chi connectivity index (χ3v) is 2.45. The molecule has 1 aromatic carbocycles. The monoisotopic (exact) mass is 273 g/mol. The van der Waals surface area contributed by atoms with Crippen molar-refractivity contribution in [2.45, 2.75) is 6.92 Å². The molecule has 20 heavy (non-hydrogen) atoms. The maximum absolute atomic E-state index is 12.9. The van der Waals surface area contributed by atoms with E-state index in [0.29, 0.717) is 0 Å². The molecule has 0 radical (unpaired) electrons. The number of nitrogens with one attached hydrogen (secondary N) is 2. The van der Waals surface area contributed by atoms with Crippen molar-refractivity contribution in [3.05, 3.63) is 54.0 Å². The Balaban J connectivity index is 2.01. The van der Waals surface area contributed by atoms with Gasteiger partial charge in [-0.05, 0) is 42.8 Å². The molecule has 0 saturated heterocycles. The summed E-state index contributed by atoms with van der Waals surface area (Å²) in [5.74, 6) is -1.97. The first-order chi connectivity index (χ1) is 9.54. The van der Waals surface area contributed by atoms with Crippen LogP contribution in [0.4, 0.5) is 15.9 Å². The third-order valence-electron chi connectivity index (χ3n) is 2.45. The van der Waals surface area contributed by atoms with E-state index in [1.54, 1.807) is 12.1 Å². The SMILES string of the molecule is Cc1ccnc(NC(=O)C(=O)Nc2cccc(F)c2)c1. The summed E-state index contributed by atoms with van der Waals surface area (Å²) in [6.07, 6.45) is 1.52. The van der Waals surface area contributed by atoms with Gasteiger partial charge in [-0.25, -0.2) is 9.37 Å². The largest absolute Gasteiger partial charge is 0.318 e. The topological polar surface area (TPSA) is 71.1 Å². The standard InChI is InChI=1S/C14H12FN3O2/c1-9-5-6-16-12(7-9)18-14(20)13(19)17-11-4-2-3-10(15)8-11/h2-8H,1H3,(H,17,19)(H,16,18,20). The zero-order chi connectivity index (χ0) is 14.5. The molecule has 0 spiro atoms. The number of benzene rings is 1. The number of hydrogen-bond donors (Lipinski definition) is 2. The molecule has 0 bridgehead atoms. The summed E-state index contributed by atoms with van der Waals surface area (Å²) >= 11 is 0. The van der Waals surface area contributed by atoms with Gasteiger partial charge in [-0.15, -0.1) is 0 Å². The lowest BCUT2D eigenvalue weighted by atomic mass is 10.3. The fourth-order valence-electron chi connectivity index (χ4n) is 1.53. The number of amides is 2. The zero-order valence-electron chi connectivity index (χ0n) is 10.7. The molecule has 2 amide bonds. The van der Waals surface area contributed by atoms with Crippen LogP contribution < -0.4 is 10.6 Å². The van der Waals surface area contributed by atoms with Crippen LogP contribution in [0.3, 0.4) is 0 Å². The van der Waals surface area contributed by atoms with E-state index in [4.69, 9.17) is 0 Å². The van der Waals surface area contributed by atoms with Crippen LogP contribution in [0, 0.1) is 12.7 Å². The summed E-state index contributed by atoms with van der Waals surface area (Å²) in [6.45, 7) is 1.84. The summed E-state index contributed by atoms with van der Waals surface area (Å²) in [7, 11) is 0. The molecule has 0 fully saturated rings. The zero-order valence-corrected chi connectivity index (χ0v) is 10.7. The van der Waals surface area contributed by atoms with E-state index in [2.05, 4.69) is 15.6 Å². The number of hydrogen-bond acceptors (Lipinski definition) is 3. The minimum atomic E-state index is -0.890. The van der Waals surface area contributed by atoms with E-state index in [1.165, 1.54) is 24.4 Å². The van der Waals surface area contributed by atoms with Crippen molar-refractivity contribution >= 4 is 23.3 Å². The van der Waals surface area contributed by atoms with E-state index in [9.17, 15) is 14.0 Å². The fourth-order valence-corrected chi connectivity index (χ4v) is 1.53. The smallest absolute Gasteiger partial charge is 0.315 e. The Hall–Kier alpha value is -2.76. The fraction of sp³-hybridized carbons (Fsp3) is 0.0714. The normalized spacial score (nSPS) is 9.90. The van der Waals surface area contributed by atoms with Gasteiger partial charge in [0.05, 0.1) is 0 Å². The lowest BCUT2D eigenvalue weighted by molar-refractivity contribution is -0.133. The van der Waals surface area contributed by atoms with Crippen molar-refractivity contribution in [2.24, 2.45) is 0 Å². The van der Waals surface area contributed by atoms with E-state index in [0.717, 1.165) is 11.6 Å². The van der Waals surface area contributed by atoms with Gasteiger partial charge in [0.1, 0.15) is 11.6 Å². The Labute approximate surface area is 114 Å². The van der Waals surface area contributed by atoms with Crippen LogP contribution >= 0.6 is 0 Å². The summed E-state index contributed by atoms with van der Waals surface area (Å²) in [4.78, 5) is 27.2. The number of pyridine rings is 1. The van der Waals surface area contributed by atoms with Gasteiger partial charge in [-0.2, -0.15) is 0 Å². The highest BCUT2D eigenvalue weighted by Crippen LogP contribution is 2.09. The molecule has 0 saturated carbocycles. The van der Waals surface area contributed by atoms with Crippen LogP contribution in [-0.4, -0.2) is 16.8 Å². The average molecular weight is 273 g/mol. The van der Waals surface area contributed by atoms with Gasteiger partial charge in [0, 0.05) is 11.9 Å². The van der Waals surface area contributed by atoms with Gasteiger partial charge in [0.15, 0.2) is 0 Å². The molecule has 0 aliphatic carbocycles. The maximum atomic E-state index is 12.9. The van der Waals surface area contributed by atoms with Gasteiger partial charge >= 0.3 is 11.8 Å². The van der Waals surface area contributed by atoms with Crippen molar-refractivity contribution < 1.29 is 14.0 Å². The molecule has 0 aliphatic heterocycles. The van der Waals surface area contributed by atoms with Crippen LogP contribution in [0.2, 0.25) is 0 Å². The molecule has 1 aromatic heterocycles. The summed E-state index contributed by atoms with van der Waals surface area (Å²) in [6, 6.07) is 8.68. The van der Waals surface area contributed by atoms with E-state index >= 15 is 0 Å². The van der Waals surface area contributed by atoms with Crippen LogP contribution in [0.1, 0.15) is 5.56 Å². The van der Waals surface area contributed by atoms with Gasteiger partial charge in [-0.3, -0.25) is 9.59 Å². The van der Waals surface area contributed by atoms with Gasteiger partial charge in [0.25, 0.3) is 0 Å². The maximum Gasteiger partial charge on any atom is 0.315 e. The number of halogens is 1. The van der Waals surface area contributed by atoms with E-state index in [-0.39, 0.29) is 11.5 Å². The second-order valence-corrected chi connectivity index (χ2v) is 4.14. The van der Waals surface area contributed by atoms with Crippen molar-refractivity contribution in [3.63, 3.8) is 0 Å². The van der Waals surface area contributed by atoms with Crippen LogP contribution in [-0.2, 0) is 9.59 Å². The molecule has 0 atom stereocenters. The number of carbonyl (C=O) groups is 2. The van der Waals surface area contributed by atoms with E-state index < -0.39 is 17.6 Å². The van der Waals surface area contributed by atoms with Crippen LogP contribution in [0.5, 0.6) is 0 Å². The molecule has 2 rings (SSSR count). The van der Waals surface area contributed by atoms with Gasteiger partial charge in [-0.1, -0.05) is 6.07 Å². The molecule has 5 nitrogen and oxygen atoms in total. The molecular formula is C14H12FN3O2. The first kappa shape index (κ1) is 13.7. The summed E-state index contributed by atoms with van der Waals surface area (Å²) in [5, 5.41) is 4.66. The van der Waals surface area contributed by atoms with Crippen LogP contribution in [0.25, 0.3) is 0 Å². The molecular weight excluding hydrogens is 261 g/mol. The highest BCUT2D eigenvalue weighted by atomic mass is 19.1. The number of anilines is 2. The quantitative estimate of drug-likeness (QED) is 0.823. The summed E-state index contributed by atoms with van der Waals surface area (Å²) < 4.78 is 12.9. The molecule has 2 aromatic rings. The number of aryl methyl sites for hydroxylation is 1. The molecule has 2 N–H and O–H groups in total. The van der Waals surface area contributed by atoms with Crippen LogP contribution in [0.15, 0.2) is 42.6 Å². The Kier molecular flexibility index (Phi) is 4.05. The predicted octanol–water partition coefficient (Wildman–Crippen LogP) is 2.11. The number of nitrogens with zero attached hydrogens (tertiary/aromatic N) is 1. The molecule has 6 heteroatoms. The van der Waals surface area contributed by atoms with E-state index in [1.807, 2.05) is 6.92 Å². The van der Waals surface area contributed by atoms with Gasteiger partial charge in [0.2, 0.25) is 0 Å². The Bertz CT molecular complexity index is 601. The highest BCUT2D eigenvalue weighted by molar-refractivity contribution is 6.43. The molecule has 1 heterocycles. The average Bonchev–Trinajstić information content (AvgIpc) is 2.38. The lowest BCUT2D eigenvalue weighted by Gasteiger charge is -2.06. The lowest BCUT2D eigenvalue weighted by Crippen LogP contribution is -2.29. The molecule has 0 unspecified atom stereocenters. The first-order valence-electron chi connectivity index (χ1n) is 5.85. The predicted molar refractivity (Wildman–Crippen MR) is 72.6 cm³/mol. The van der Waals surface area contributed by atoms with Crippen molar-refractivity contribution in [1.82, 2.24) is 4.98 Å². The Morgan fingerprint density at radius 3 is 2.55 bits per heavy atom. The number of carbonyl (C=O) groups excluding carboxylic acids is 2. The second kappa shape index (κ2) is 5.92. The third kappa shape index (κ3) is 3.61. The highest BCUT2D eigenvalue weighted by Gasteiger charge is 2.14. The van der Waals surface area contributed by atoms with Crippen molar-refractivity contribution in [2.75, 3.05) is 10.6 Å². The second-order valence-electron chi connectivity index (χ2n) is 4.14. The Morgan fingerprint density at radius 1 is 1.10 bits per heavy atom. The number of aromatic nitrogens is 1. The molecule has 0 aliphatic rings. The molecule has 102 valence electrons. The minimum Gasteiger partial charge on any atom is -0.318 e. The van der Waals surface area contributed by atoms with Crippen molar-refractivity contribution in [3.8, 4) is 0 Å². The number of rotatable bonds is 2.